The van der Waals surface area contributed by atoms with Crippen LogP contribution in [0.3, 0.4) is 0 Å². The highest BCUT2D eigenvalue weighted by Gasteiger charge is 2.28. The third-order valence-electron chi connectivity index (χ3n) is 6.69. The Morgan fingerprint density at radius 1 is 0.647 bits per heavy atom. The van der Waals surface area contributed by atoms with E-state index in [1.165, 1.54) is 27.1 Å². The number of hydrogen-bond donors (Lipinski definition) is 2. The average Bonchev–Trinajstić information content (AvgIpc) is 2.86. The number of ether oxygens (including phenoxy) is 4. The van der Waals surface area contributed by atoms with Crippen molar-refractivity contribution < 1.29 is 28.5 Å². The molecule has 2 saturated carbocycles. The molecule has 2 aliphatic carbocycles. The summed E-state index contributed by atoms with van der Waals surface area (Å²) < 4.78 is 22.7. The lowest BCUT2D eigenvalue weighted by molar-refractivity contribution is 0.186. The minimum atomic E-state index is -0.541. The van der Waals surface area contributed by atoms with Crippen LogP contribution in [-0.4, -0.2) is 38.5 Å². The summed E-state index contributed by atoms with van der Waals surface area (Å²) in [6.07, 6.45) is 9.47. The molecule has 184 valence electrons. The van der Waals surface area contributed by atoms with Crippen molar-refractivity contribution >= 4 is 23.0 Å². The Balaban J connectivity index is 1.63. The van der Waals surface area contributed by atoms with Gasteiger partial charge in [-0.15, -0.1) is 0 Å². The molecule has 2 fully saturated rings. The second kappa shape index (κ2) is 11.3. The van der Waals surface area contributed by atoms with Crippen LogP contribution < -0.4 is 29.6 Å². The summed E-state index contributed by atoms with van der Waals surface area (Å²) in [4.78, 5) is 25.5. The minimum Gasteiger partial charge on any atom is -0.490 e. The SMILES string of the molecule is COc1c(OC)c(OC(=O)NC2CCCCC2)c2ccccc2c1OC(=O)NC1CCCCC1. The molecule has 2 aliphatic rings. The molecule has 0 spiro atoms. The Hall–Kier alpha value is -3.16. The fourth-order valence-electron chi connectivity index (χ4n) is 4.97. The zero-order valence-corrected chi connectivity index (χ0v) is 20.0. The predicted octanol–water partition coefficient (Wildman–Crippen LogP) is 5.70. The van der Waals surface area contributed by atoms with Gasteiger partial charge in [-0.25, -0.2) is 9.59 Å². The van der Waals surface area contributed by atoms with E-state index in [-0.39, 0.29) is 35.1 Å². The maximum atomic E-state index is 12.8. The third-order valence-corrected chi connectivity index (χ3v) is 6.69. The lowest BCUT2D eigenvalue weighted by Crippen LogP contribution is -2.38. The fraction of sp³-hybridized carbons (Fsp3) is 0.538. The number of amides is 2. The van der Waals surface area contributed by atoms with Crippen LogP contribution in [0.5, 0.6) is 23.0 Å². The number of nitrogens with one attached hydrogen (secondary N) is 2. The van der Waals surface area contributed by atoms with E-state index in [0.29, 0.717) is 10.8 Å². The number of methoxy groups -OCH3 is 2. The monoisotopic (exact) mass is 470 g/mol. The van der Waals surface area contributed by atoms with Crippen LogP contribution in [0, 0.1) is 0 Å². The summed E-state index contributed by atoms with van der Waals surface area (Å²) in [7, 11) is 2.93. The molecule has 2 amide bonds. The lowest BCUT2D eigenvalue weighted by atomic mass is 9.96. The van der Waals surface area contributed by atoms with Crippen molar-refractivity contribution in [1.82, 2.24) is 10.6 Å². The zero-order valence-electron chi connectivity index (χ0n) is 20.0. The largest absolute Gasteiger partial charge is 0.490 e. The first-order valence-corrected chi connectivity index (χ1v) is 12.2. The maximum Gasteiger partial charge on any atom is 0.412 e. The van der Waals surface area contributed by atoms with Crippen LogP contribution >= 0.6 is 0 Å². The number of carbonyl (C=O) groups is 2. The van der Waals surface area contributed by atoms with Crippen LogP contribution in [0.1, 0.15) is 64.2 Å². The first-order chi connectivity index (χ1) is 16.6. The van der Waals surface area contributed by atoms with E-state index >= 15 is 0 Å². The summed E-state index contributed by atoms with van der Waals surface area (Å²) in [6.45, 7) is 0. The molecular formula is C26H34N2O6. The van der Waals surface area contributed by atoms with Crippen molar-refractivity contribution in [2.45, 2.75) is 76.3 Å². The summed E-state index contributed by atoms with van der Waals surface area (Å²) in [5.74, 6) is 0.840. The Morgan fingerprint density at radius 3 is 1.38 bits per heavy atom. The van der Waals surface area contributed by atoms with Gasteiger partial charge in [0.05, 0.1) is 14.2 Å². The van der Waals surface area contributed by atoms with Crippen molar-refractivity contribution in [2.24, 2.45) is 0 Å². The van der Waals surface area contributed by atoms with Gasteiger partial charge in [-0.1, -0.05) is 62.8 Å². The molecule has 0 unspecified atom stereocenters. The number of rotatable bonds is 6. The Labute approximate surface area is 200 Å². The second-order valence-corrected chi connectivity index (χ2v) is 9.01. The van der Waals surface area contributed by atoms with Crippen molar-refractivity contribution in [3.8, 4) is 23.0 Å². The lowest BCUT2D eigenvalue weighted by Gasteiger charge is -2.24. The van der Waals surface area contributed by atoms with Gasteiger partial charge in [-0.2, -0.15) is 0 Å². The molecule has 0 radical (unpaired) electrons. The van der Waals surface area contributed by atoms with Crippen LogP contribution in [0.2, 0.25) is 0 Å². The standard InChI is InChI=1S/C26H34N2O6/c1-31-23-21(33-25(29)27-17-11-5-3-6-12-17)19-15-9-10-16-20(19)22(24(23)32-2)34-26(30)28-18-13-7-4-8-14-18/h9-10,15-18H,3-8,11-14H2,1-2H3,(H,27,29)(H,28,30). The number of hydrogen-bond acceptors (Lipinski definition) is 6. The molecule has 2 aromatic rings. The van der Waals surface area contributed by atoms with Crippen molar-refractivity contribution in [2.75, 3.05) is 14.2 Å². The van der Waals surface area contributed by atoms with E-state index in [4.69, 9.17) is 18.9 Å². The van der Waals surface area contributed by atoms with E-state index in [2.05, 4.69) is 10.6 Å². The summed E-state index contributed by atoms with van der Waals surface area (Å²) >= 11 is 0. The molecule has 0 atom stereocenters. The molecule has 0 aromatic heterocycles. The van der Waals surface area contributed by atoms with Gasteiger partial charge >= 0.3 is 12.2 Å². The number of benzene rings is 2. The second-order valence-electron chi connectivity index (χ2n) is 9.01. The Bertz CT molecular complexity index is 932. The molecule has 0 aliphatic heterocycles. The number of fused-ring (bicyclic) bond motifs is 1. The fourth-order valence-corrected chi connectivity index (χ4v) is 4.97. The van der Waals surface area contributed by atoms with Gasteiger partial charge in [0.15, 0.2) is 11.5 Å². The highest BCUT2D eigenvalue weighted by molar-refractivity contribution is 6.01. The van der Waals surface area contributed by atoms with Gasteiger partial charge in [-0.05, 0) is 25.7 Å². The molecule has 0 heterocycles. The van der Waals surface area contributed by atoms with E-state index in [9.17, 15) is 9.59 Å². The first-order valence-electron chi connectivity index (χ1n) is 12.2. The van der Waals surface area contributed by atoms with Gasteiger partial charge in [0.25, 0.3) is 0 Å². The van der Waals surface area contributed by atoms with Gasteiger partial charge in [0, 0.05) is 22.9 Å². The highest BCUT2D eigenvalue weighted by Crippen LogP contribution is 2.51. The molecule has 8 heteroatoms. The molecular weight excluding hydrogens is 436 g/mol. The summed E-state index contributed by atoms with van der Waals surface area (Å²) in [5, 5.41) is 7.09. The third kappa shape index (κ3) is 5.48. The molecule has 0 saturated heterocycles. The van der Waals surface area contributed by atoms with E-state index in [1.807, 2.05) is 12.1 Å². The van der Waals surface area contributed by atoms with E-state index in [1.54, 1.807) is 12.1 Å². The van der Waals surface area contributed by atoms with Crippen molar-refractivity contribution in [3.05, 3.63) is 24.3 Å². The maximum absolute atomic E-state index is 12.8. The molecule has 4 rings (SSSR count). The minimum absolute atomic E-state index is 0.103. The quantitative estimate of drug-likeness (QED) is 0.562. The normalized spacial score (nSPS) is 17.1. The Morgan fingerprint density at radius 2 is 1.03 bits per heavy atom. The van der Waals surface area contributed by atoms with Crippen molar-refractivity contribution in [3.63, 3.8) is 0 Å². The van der Waals surface area contributed by atoms with Crippen LogP contribution in [0.4, 0.5) is 9.59 Å². The zero-order chi connectivity index (χ0) is 23.9. The molecule has 34 heavy (non-hydrogen) atoms. The number of carbonyl (C=O) groups excluding carboxylic acids is 2. The summed E-state index contributed by atoms with van der Waals surface area (Å²) in [6, 6.07) is 7.45. The predicted molar refractivity (Wildman–Crippen MR) is 129 cm³/mol. The van der Waals surface area contributed by atoms with Gasteiger partial charge < -0.3 is 29.6 Å². The average molecular weight is 471 g/mol. The van der Waals surface area contributed by atoms with Gasteiger partial charge in [0.2, 0.25) is 11.5 Å². The highest BCUT2D eigenvalue weighted by atomic mass is 16.6. The topological polar surface area (TPSA) is 95.1 Å². The van der Waals surface area contributed by atoms with E-state index in [0.717, 1.165) is 51.4 Å². The van der Waals surface area contributed by atoms with Crippen LogP contribution in [0.15, 0.2) is 24.3 Å². The van der Waals surface area contributed by atoms with E-state index < -0.39 is 12.2 Å². The van der Waals surface area contributed by atoms with Gasteiger partial charge in [-0.3, -0.25) is 0 Å². The molecule has 8 nitrogen and oxygen atoms in total. The molecule has 2 aromatic carbocycles. The molecule has 2 N–H and O–H groups in total. The first kappa shape index (κ1) is 24.0. The molecule has 0 bridgehead atoms. The van der Waals surface area contributed by atoms with Crippen LogP contribution in [-0.2, 0) is 0 Å². The van der Waals surface area contributed by atoms with Crippen molar-refractivity contribution in [1.29, 1.82) is 0 Å². The van der Waals surface area contributed by atoms with Gasteiger partial charge in [0.1, 0.15) is 0 Å². The van der Waals surface area contributed by atoms with Crippen LogP contribution in [0.25, 0.3) is 10.8 Å². The smallest absolute Gasteiger partial charge is 0.412 e. The Kier molecular flexibility index (Phi) is 7.98. The summed E-state index contributed by atoms with van der Waals surface area (Å²) in [5.41, 5.74) is 0.